The molecule has 1 saturated carbocycles. The molecule has 7 rings (SSSR count). The molecule has 2 aliphatic carbocycles. The number of benzene rings is 2. The molecule has 2 aromatic heterocycles. The minimum Gasteiger partial charge on any atom is -0.378 e. The maximum atomic E-state index is 13.2. The van der Waals surface area contributed by atoms with Crippen molar-refractivity contribution in [2.45, 2.75) is 6.42 Å². The Hall–Kier alpha value is -5.00. The number of hydrogen-bond donors (Lipinski definition) is 1. The fraction of sp³-hybridized carbons (Fsp3) is 0.212. The van der Waals surface area contributed by atoms with Gasteiger partial charge in [0.05, 0.1) is 30.5 Å². The van der Waals surface area contributed by atoms with Crippen molar-refractivity contribution in [1.29, 1.82) is 0 Å². The van der Waals surface area contributed by atoms with Crippen LogP contribution in [0.25, 0.3) is 11.2 Å². The molecule has 3 aliphatic rings. The number of fused-ring (bicyclic) bond motifs is 2. The number of morpholine rings is 1. The predicted molar refractivity (Wildman–Crippen MR) is 155 cm³/mol. The topological polar surface area (TPSA) is 88.8 Å². The smallest absolute Gasteiger partial charge is 0.255 e. The number of rotatable bonds is 4. The van der Waals surface area contributed by atoms with Crippen LogP contribution in [-0.2, 0) is 9.53 Å². The lowest BCUT2D eigenvalue weighted by molar-refractivity contribution is -0.139. The quantitative estimate of drug-likeness (QED) is 0.392. The normalized spacial score (nSPS) is 20.9. The summed E-state index contributed by atoms with van der Waals surface area (Å²) >= 11 is 0. The first-order valence-corrected chi connectivity index (χ1v) is 13.7. The zero-order valence-electron chi connectivity index (χ0n) is 22.3. The van der Waals surface area contributed by atoms with Crippen LogP contribution in [0.2, 0.25) is 0 Å². The van der Waals surface area contributed by atoms with E-state index in [1.54, 1.807) is 22.8 Å². The summed E-state index contributed by atoms with van der Waals surface area (Å²) in [6.45, 7) is 2.53. The number of imidazole rings is 1. The van der Waals surface area contributed by atoms with Crippen LogP contribution in [-0.4, -0.2) is 57.6 Å². The number of anilines is 1. The van der Waals surface area contributed by atoms with Gasteiger partial charge >= 0.3 is 0 Å². The molecule has 1 saturated heterocycles. The molecule has 0 bridgehead atoms. The lowest BCUT2D eigenvalue weighted by Crippen LogP contribution is -2.44. The summed E-state index contributed by atoms with van der Waals surface area (Å²) in [6, 6.07) is 20.4. The highest BCUT2D eigenvalue weighted by molar-refractivity contribution is 6.04. The number of carbonyl (C=O) groups is 2. The Kier molecular flexibility index (Phi) is 6.22. The molecular formula is C33H27N5O3. The van der Waals surface area contributed by atoms with E-state index in [2.05, 4.69) is 34.3 Å². The Morgan fingerprint density at radius 1 is 1.00 bits per heavy atom. The van der Waals surface area contributed by atoms with Gasteiger partial charge in [0.15, 0.2) is 5.65 Å². The third-order valence-corrected chi connectivity index (χ3v) is 7.85. The number of hydrogen-bond acceptors (Lipinski definition) is 5. The molecular weight excluding hydrogens is 514 g/mol. The lowest BCUT2D eigenvalue weighted by atomic mass is 9.93. The second-order valence-corrected chi connectivity index (χ2v) is 10.5. The number of carbonyl (C=O) groups excluding carboxylic acids is 2. The van der Waals surface area contributed by atoms with Crippen molar-refractivity contribution in [3.8, 4) is 11.8 Å². The molecule has 1 N–H and O–H groups in total. The summed E-state index contributed by atoms with van der Waals surface area (Å²) in [4.78, 5) is 32.1. The summed E-state index contributed by atoms with van der Waals surface area (Å²) < 4.78 is 7.15. The number of amides is 2. The average Bonchev–Trinajstić information content (AvgIpc) is 3.64. The van der Waals surface area contributed by atoms with Crippen LogP contribution in [0, 0.1) is 23.2 Å². The molecule has 1 aliphatic heterocycles. The highest BCUT2D eigenvalue weighted by atomic mass is 16.5. The molecule has 2 atom stereocenters. The molecule has 41 heavy (non-hydrogen) atoms. The Labute approximate surface area is 237 Å². The van der Waals surface area contributed by atoms with E-state index < -0.39 is 5.41 Å². The largest absolute Gasteiger partial charge is 0.378 e. The van der Waals surface area contributed by atoms with Gasteiger partial charge < -0.3 is 15.0 Å². The van der Waals surface area contributed by atoms with Gasteiger partial charge in [-0.3, -0.25) is 9.59 Å². The summed E-state index contributed by atoms with van der Waals surface area (Å²) in [6.07, 6.45) is 8.79. The van der Waals surface area contributed by atoms with Gasteiger partial charge in [0.2, 0.25) is 5.91 Å². The SMILES string of the molecule is O=C(Nc1cccc(C#Cc2cnc3ccc(C4=CC5CC5(C(=O)N5CCOCC5)C=C4)nn23)c1)c1ccccc1. The second-order valence-electron chi connectivity index (χ2n) is 10.5. The molecule has 8 nitrogen and oxygen atoms in total. The third kappa shape index (κ3) is 4.81. The first-order valence-electron chi connectivity index (χ1n) is 13.7. The van der Waals surface area contributed by atoms with E-state index in [1.807, 2.05) is 65.6 Å². The van der Waals surface area contributed by atoms with Crippen LogP contribution < -0.4 is 5.32 Å². The third-order valence-electron chi connectivity index (χ3n) is 7.85. The van der Waals surface area contributed by atoms with Crippen LogP contribution in [0.15, 0.2) is 91.2 Å². The maximum absolute atomic E-state index is 13.2. The first-order chi connectivity index (χ1) is 20.1. The fourth-order valence-electron chi connectivity index (χ4n) is 5.48. The van der Waals surface area contributed by atoms with Gasteiger partial charge in [-0.1, -0.05) is 48.4 Å². The molecule has 2 aromatic carbocycles. The van der Waals surface area contributed by atoms with Gasteiger partial charge in [0, 0.05) is 29.9 Å². The van der Waals surface area contributed by atoms with Crippen molar-refractivity contribution >= 4 is 28.7 Å². The van der Waals surface area contributed by atoms with Crippen molar-refractivity contribution in [2.75, 3.05) is 31.6 Å². The van der Waals surface area contributed by atoms with Crippen molar-refractivity contribution in [3.05, 3.63) is 114 Å². The van der Waals surface area contributed by atoms with Crippen molar-refractivity contribution in [3.63, 3.8) is 0 Å². The van der Waals surface area contributed by atoms with Crippen LogP contribution in [0.1, 0.15) is 33.7 Å². The maximum Gasteiger partial charge on any atom is 0.255 e. The number of ether oxygens (including phenoxy) is 1. The average molecular weight is 542 g/mol. The Bertz CT molecular complexity index is 1790. The number of nitrogens with zero attached hydrogens (tertiary/aromatic N) is 4. The zero-order chi connectivity index (χ0) is 27.8. The highest BCUT2D eigenvalue weighted by Crippen LogP contribution is 2.59. The summed E-state index contributed by atoms with van der Waals surface area (Å²) in [5.74, 6) is 6.57. The summed E-state index contributed by atoms with van der Waals surface area (Å²) in [5.41, 5.74) is 4.77. The summed E-state index contributed by atoms with van der Waals surface area (Å²) in [7, 11) is 0. The van der Waals surface area contributed by atoms with Gasteiger partial charge in [0.25, 0.3) is 5.91 Å². The van der Waals surface area contributed by atoms with Gasteiger partial charge in [-0.05, 0) is 66.3 Å². The molecule has 2 amide bonds. The van der Waals surface area contributed by atoms with Gasteiger partial charge in [-0.25, -0.2) is 9.50 Å². The Balaban J connectivity index is 1.09. The lowest BCUT2D eigenvalue weighted by Gasteiger charge is -2.30. The van der Waals surface area contributed by atoms with Gasteiger partial charge in [-0.2, -0.15) is 5.10 Å². The van der Waals surface area contributed by atoms with Crippen LogP contribution >= 0.6 is 0 Å². The molecule has 0 spiro atoms. The molecule has 8 heteroatoms. The molecule has 2 unspecified atom stereocenters. The van der Waals surface area contributed by atoms with E-state index in [0.717, 1.165) is 23.3 Å². The first kappa shape index (κ1) is 25.0. The Morgan fingerprint density at radius 3 is 2.68 bits per heavy atom. The predicted octanol–water partition coefficient (Wildman–Crippen LogP) is 4.20. The highest BCUT2D eigenvalue weighted by Gasteiger charge is 2.59. The zero-order valence-corrected chi connectivity index (χ0v) is 22.3. The van der Waals surface area contributed by atoms with Gasteiger partial charge in [-0.15, -0.1) is 0 Å². The van der Waals surface area contributed by atoms with E-state index in [-0.39, 0.29) is 17.7 Å². The van der Waals surface area contributed by atoms with Crippen LogP contribution in [0.4, 0.5) is 5.69 Å². The van der Waals surface area contributed by atoms with Crippen molar-refractivity contribution < 1.29 is 14.3 Å². The number of aromatic nitrogens is 3. The van der Waals surface area contributed by atoms with Crippen molar-refractivity contribution in [2.24, 2.45) is 11.3 Å². The van der Waals surface area contributed by atoms with E-state index in [1.165, 1.54) is 0 Å². The minimum absolute atomic E-state index is 0.172. The molecule has 4 aromatic rings. The van der Waals surface area contributed by atoms with E-state index in [4.69, 9.17) is 9.84 Å². The van der Waals surface area contributed by atoms with E-state index >= 15 is 0 Å². The molecule has 0 radical (unpaired) electrons. The monoisotopic (exact) mass is 541 g/mol. The minimum atomic E-state index is -0.411. The van der Waals surface area contributed by atoms with Crippen LogP contribution in [0.3, 0.4) is 0 Å². The van der Waals surface area contributed by atoms with E-state index in [9.17, 15) is 9.59 Å². The number of allylic oxidation sites excluding steroid dienone is 3. The molecule has 2 fully saturated rings. The molecule has 3 heterocycles. The second kappa shape index (κ2) is 10.2. The van der Waals surface area contributed by atoms with E-state index in [0.29, 0.717) is 48.9 Å². The Morgan fingerprint density at radius 2 is 1.85 bits per heavy atom. The van der Waals surface area contributed by atoms with Gasteiger partial charge in [0.1, 0.15) is 5.69 Å². The fourth-order valence-corrected chi connectivity index (χ4v) is 5.48. The summed E-state index contributed by atoms with van der Waals surface area (Å²) in [5, 5.41) is 7.76. The molecule has 202 valence electrons. The standard InChI is InChI=1S/C33H27N5O3/c39-31(24-6-2-1-3-7-24)35-27-8-4-5-23(19-27)9-10-28-22-34-30-12-11-29(36-38(28)30)25-13-14-33(21-26(33)20-25)32(40)37-15-17-41-18-16-37/h1-8,11-14,19-20,22,26H,15-18,21H2,(H,35,39). The van der Waals surface area contributed by atoms with Crippen molar-refractivity contribution in [1.82, 2.24) is 19.5 Å². The number of nitrogens with one attached hydrogen (secondary N) is 1. The van der Waals surface area contributed by atoms with Crippen LogP contribution in [0.5, 0.6) is 0 Å².